The molecule has 0 spiro atoms. The number of halogens is 3. The minimum absolute atomic E-state index is 0.00705. The van der Waals surface area contributed by atoms with Crippen molar-refractivity contribution in [2.45, 2.75) is 23.0 Å². The lowest BCUT2D eigenvalue weighted by atomic mass is 9.93. The molecule has 29 heavy (non-hydrogen) atoms. The van der Waals surface area contributed by atoms with Gasteiger partial charge in [-0.3, -0.25) is 4.79 Å². The normalized spacial score (nSPS) is 21.5. The Hall–Kier alpha value is -2.50. The van der Waals surface area contributed by atoms with Gasteiger partial charge in [0.1, 0.15) is 23.5 Å². The first kappa shape index (κ1) is 21.2. The van der Waals surface area contributed by atoms with E-state index in [0.29, 0.717) is 5.75 Å². The van der Waals surface area contributed by atoms with Crippen LogP contribution in [-0.4, -0.2) is 26.1 Å². The molecule has 5 nitrogen and oxygen atoms in total. The molecule has 2 aromatic carbocycles. The van der Waals surface area contributed by atoms with Crippen molar-refractivity contribution in [2.75, 3.05) is 6.61 Å². The average Bonchev–Trinajstić information content (AvgIpc) is 3.12. The summed E-state index contributed by atoms with van der Waals surface area (Å²) < 4.78 is 57.9. The van der Waals surface area contributed by atoms with E-state index in [1.807, 2.05) is 0 Å². The molecule has 1 fully saturated rings. The predicted octanol–water partition coefficient (Wildman–Crippen LogP) is 3.96. The summed E-state index contributed by atoms with van der Waals surface area (Å²) >= 11 is 5.92. The zero-order chi connectivity index (χ0) is 21.2. The fourth-order valence-corrected chi connectivity index (χ4v) is 5.93. The number of Topliss-reactive ketones (excluding diaryl/α,β-unsaturated/α-hetero) is 1. The maximum Gasteiger partial charge on any atom is 0.235 e. The van der Waals surface area contributed by atoms with E-state index in [-0.39, 0.29) is 29.4 Å². The van der Waals surface area contributed by atoms with E-state index in [1.54, 1.807) is 6.07 Å². The molecular formula is C20H16ClF2NO4S. The summed E-state index contributed by atoms with van der Waals surface area (Å²) in [6.07, 6.45) is 0.0230. The van der Waals surface area contributed by atoms with E-state index in [2.05, 4.69) is 0 Å². The number of hydrogen-bond acceptors (Lipinski definition) is 5. The van der Waals surface area contributed by atoms with Gasteiger partial charge in [-0.05, 0) is 55.3 Å². The van der Waals surface area contributed by atoms with Crippen LogP contribution in [0.4, 0.5) is 8.78 Å². The fourth-order valence-electron chi connectivity index (χ4n) is 3.54. The Morgan fingerprint density at radius 1 is 1.14 bits per heavy atom. The summed E-state index contributed by atoms with van der Waals surface area (Å²) in [6.45, 7) is -0.00705. The zero-order valence-electron chi connectivity index (χ0n) is 15.0. The Kier molecular flexibility index (Phi) is 6.20. The Labute approximate surface area is 171 Å². The molecule has 0 radical (unpaired) electrons. The Balaban J connectivity index is 1.82. The van der Waals surface area contributed by atoms with Gasteiger partial charge in [0.15, 0.2) is 9.84 Å². The molecule has 1 saturated carbocycles. The molecular weight excluding hydrogens is 424 g/mol. The van der Waals surface area contributed by atoms with Crippen molar-refractivity contribution >= 4 is 27.2 Å². The molecule has 152 valence electrons. The molecule has 1 aliphatic rings. The highest BCUT2D eigenvalue weighted by atomic mass is 35.5. The van der Waals surface area contributed by atoms with Crippen LogP contribution < -0.4 is 4.74 Å². The maximum atomic E-state index is 13.3. The summed E-state index contributed by atoms with van der Waals surface area (Å²) in [7, 11) is -3.95. The fraction of sp³-hybridized carbons (Fsp3) is 0.300. The highest BCUT2D eigenvalue weighted by Crippen LogP contribution is 2.40. The molecule has 1 unspecified atom stereocenters. The van der Waals surface area contributed by atoms with E-state index in [1.165, 1.54) is 24.3 Å². The van der Waals surface area contributed by atoms with Crippen LogP contribution in [0.25, 0.3) is 0 Å². The van der Waals surface area contributed by atoms with Gasteiger partial charge in [-0.25, -0.2) is 17.2 Å². The molecule has 3 atom stereocenters. The predicted molar refractivity (Wildman–Crippen MR) is 101 cm³/mol. The van der Waals surface area contributed by atoms with Gasteiger partial charge in [0.05, 0.1) is 21.8 Å². The zero-order valence-corrected chi connectivity index (χ0v) is 16.6. The third-order valence-corrected chi connectivity index (χ3v) is 7.67. The standard InChI is InChI=1S/C20H16ClF2NO4S/c21-18-8-14(23)3-6-20(18)29(26,27)16-7-12(17(9-16)19(25)10-24)11-28-15-4-1-13(22)2-5-15/h1-6,8,12,16-17H,7,9,11H2/t12-,16?,17+/m0/s1. The number of nitriles is 1. The lowest BCUT2D eigenvalue weighted by molar-refractivity contribution is -0.118. The second-order valence-electron chi connectivity index (χ2n) is 6.82. The van der Waals surface area contributed by atoms with Gasteiger partial charge in [-0.15, -0.1) is 0 Å². The molecule has 1 aliphatic carbocycles. The number of sulfone groups is 1. The molecule has 2 aromatic rings. The summed E-state index contributed by atoms with van der Waals surface area (Å²) in [6, 6.07) is 9.82. The van der Waals surface area contributed by atoms with Crippen molar-refractivity contribution in [3.63, 3.8) is 0 Å². The van der Waals surface area contributed by atoms with Gasteiger partial charge in [-0.1, -0.05) is 11.6 Å². The largest absolute Gasteiger partial charge is 0.493 e. The number of carbonyl (C=O) groups is 1. The smallest absolute Gasteiger partial charge is 0.235 e. The average molecular weight is 440 g/mol. The number of rotatable bonds is 6. The van der Waals surface area contributed by atoms with E-state index in [9.17, 15) is 22.0 Å². The van der Waals surface area contributed by atoms with Crippen molar-refractivity contribution in [3.8, 4) is 11.8 Å². The van der Waals surface area contributed by atoms with E-state index >= 15 is 0 Å². The van der Waals surface area contributed by atoms with Crippen molar-refractivity contribution in [2.24, 2.45) is 11.8 Å². The molecule has 0 aromatic heterocycles. The second-order valence-corrected chi connectivity index (χ2v) is 9.42. The van der Waals surface area contributed by atoms with Crippen LogP contribution in [0, 0.1) is 34.8 Å². The molecule has 0 N–H and O–H groups in total. The number of ketones is 1. The van der Waals surface area contributed by atoms with Crippen molar-refractivity contribution < 1.29 is 26.7 Å². The monoisotopic (exact) mass is 439 g/mol. The summed E-state index contributed by atoms with van der Waals surface area (Å²) in [5.41, 5.74) is 0. The van der Waals surface area contributed by atoms with Crippen molar-refractivity contribution in [3.05, 3.63) is 59.1 Å². The molecule has 3 rings (SSSR count). The van der Waals surface area contributed by atoms with Gasteiger partial charge < -0.3 is 4.74 Å². The molecule has 0 amide bonds. The maximum absolute atomic E-state index is 13.3. The van der Waals surface area contributed by atoms with Gasteiger partial charge in [-0.2, -0.15) is 5.26 Å². The molecule has 9 heteroatoms. The van der Waals surface area contributed by atoms with Crippen LogP contribution in [0.2, 0.25) is 5.02 Å². The second kappa shape index (κ2) is 8.47. The summed E-state index contributed by atoms with van der Waals surface area (Å²) in [5, 5.41) is 7.82. The summed E-state index contributed by atoms with van der Waals surface area (Å²) in [5.74, 6) is -2.80. The van der Waals surface area contributed by atoms with Crippen LogP contribution >= 0.6 is 11.6 Å². The Bertz CT molecular complexity index is 1070. The molecule has 0 bridgehead atoms. The number of carbonyl (C=O) groups excluding carboxylic acids is 1. The third-order valence-electron chi connectivity index (χ3n) is 5.02. The minimum Gasteiger partial charge on any atom is -0.493 e. The van der Waals surface area contributed by atoms with Gasteiger partial charge in [0.2, 0.25) is 5.78 Å². The van der Waals surface area contributed by atoms with Gasteiger partial charge in [0.25, 0.3) is 0 Å². The lowest BCUT2D eigenvalue weighted by Crippen LogP contribution is -2.22. The quantitative estimate of drug-likeness (QED) is 0.502. The minimum atomic E-state index is -3.95. The highest BCUT2D eigenvalue weighted by molar-refractivity contribution is 7.92. The number of nitrogens with zero attached hydrogens (tertiary/aromatic N) is 1. The third kappa shape index (κ3) is 4.57. The van der Waals surface area contributed by atoms with Crippen LogP contribution in [0.15, 0.2) is 47.4 Å². The SMILES string of the molecule is N#CC(=O)[C@@H]1CC(S(=O)(=O)c2ccc(F)cc2Cl)C[C@H]1COc1ccc(F)cc1. The number of benzene rings is 2. The topological polar surface area (TPSA) is 84.2 Å². The first-order chi connectivity index (χ1) is 13.7. The van der Waals surface area contributed by atoms with Crippen molar-refractivity contribution in [1.29, 1.82) is 5.26 Å². The Morgan fingerprint density at radius 2 is 1.79 bits per heavy atom. The lowest BCUT2D eigenvalue weighted by Gasteiger charge is -2.16. The molecule has 0 saturated heterocycles. The first-order valence-electron chi connectivity index (χ1n) is 8.73. The van der Waals surface area contributed by atoms with E-state index in [4.69, 9.17) is 21.6 Å². The van der Waals surface area contributed by atoms with Gasteiger partial charge >= 0.3 is 0 Å². The van der Waals surface area contributed by atoms with Crippen LogP contribution in [0.3, 0.4) is 0 Å². The van der Waals surface area contributed by atoms with Crippen LogP contribution in [0.1, 0.15) is 12.8 Å². The van der Waals surface area contributed by atoms with Crippen LogP contribution in [-0.2, 0) is 14.6 Å². The Morgan fingerprint density at radius 3 is 2.41 bits per heavy atom. The van der Waals surface area contributed by atoms with E-state index in [0.717, 1.165) is 18.2 Å². The highest BCUT2D eigenvalue weighted by Gasteiger charge is 2.45. The number of hydrogen-bond donors (Lipinski definition) is 0. The number of ether oxygens (including phenoxy) is 1. The molecule has 0 heterocycles. The van der Waals surface area contributed by atoms with Crippen molar-refractivity contribution in [1.82, 2.24) is 0 Å². The van der Waals surface area contributed by atoms with E-state index < -0.39 is 44.3 Å². The summed E-state index contributed by atoms with van der Waals surface area (Å²) in [4.78, 5) is 11.9. The van der Waals surface area contributed by atoms with Crippen LogP contribution in [0.5, 0.6) is 5.75 Å². The first-order valence-corrected chi connectivity index (χ1v) is 10.7. The molecule has 0 aliphatic heterocycles. The van der Waals surface area contributed by atoms with Gasteiger partial charge in [0, 0.05) is 11.8 Å².